The minimum atomic E-state index is -3.15. The Kier molecular flexibility index (Phi) is 8.75. The standard InChI is InChI=1S/C15H26N2O5S2/c1-16-13(18)7-3-5-9-24(21,22)10-6-4-8-17-14(19)11-12(23-2)15(17)20/h12H,3-11H2,1-2H3,(H,16,18). The highest BCUT2D eigenvalue weighted by Crippen LogP contribution is 2.23. The maximum atomic E-state index is 11.9. The van der Waals surface area contributed by atoms with Gasteiger partial charge in [0, 0.05) is 26.4 Å². The average molecular weight is 379 g/mol. The Morgan fingerprint density at radius 1 is 1.21 bits per heavy atom. The second kappa shape index (κ2) is 10.0. The molecule has 0 spiro atoms. The Balaban J connectivity index is 2.23. The van der Waals surface area contributed by atoms with E-state index in [2.05, 4.69) is 5.32 Å². The highest BCUT2D eigenvalue weighted by atomic mass is 32.2. The van der Waals surface area contributed by atoms with Gasteiger partial charge in [-0.3, -0.25) is 19.3 Å². The molecule has 0 aliphatic carbocycles. The molecule has 1 atom stereocenters. The first-order valence-electron chi connectivity index (χ1n) is 8.08. The summed E-state index contributed by atoms with van der Waals surface area (Å²) < 4.78 is 23.8. The zero-order chi connectivity index (χ0) is 18.2. The number of amides is 3. The van der Waals surface area contributed by atoms with Crippen molar-refractivity contribution in [3.8, 4) is 0 Å². The van der Waals surface area contributed by atoms with Gasteiger partial charge in [-0.15, -0.1) is 0 Å². The monoisotopic (exact) mass is 378 g/mol. The third kappa shape index (κ3) is 6.80. The Labute approximate surface area is 147 Å². The summed E-state index contributed by atoms with van der Waals surface area (Å²) in [5, 5.41) is 2.21. The summed E-state index contributed by atoms with van der Waals surface area (Å²) in [6, 6.07) is 0. The third-order valence-corrected chi connectivity index (χ3v) is 6.72. The number of hydrogen-bond acceptors (Lipinski definition) is 6. The Bertz CT molecular complexity index is 562. The SMILES string of the molecule is CNC(=O)CCCCS(=O)(=O)CCCCN1C(=O)CC(SC)C1=O. The molecule has 9 heteroatoms. The van der Waals surface area contributed by atoms with Crippen LogP contribution in [0.3, 0.4) is 0 Å². The molecule has 1 N–H and O–H groups in total. The van der Waals surface area contributed by atoms with Gasteiger partial charge >= 0.3 is 0 Å². The Morgan fingerprint density at radius 3 is 2.38 bits per heavy atom. The van der Waals surface area contributed by atoms with Crippen LogP contribution in [0.1, 0.15) is 38.5 Å². The van der Waals surface area contributed by atoms with Gasteiger partial charge in [0.2, 0.25) is 17.7 Å². The molecule has 0 saturated carbocycles. The van der Waals surface area contributed by atoms with Crippen LogP contribution >= 0.6 is 11.8 Å². The van der Waals surface area contributed by atoms with E-state index in [-0.39, 0.29) is 40.9 Å². The first kappa shape index (κ1) is 21.0. The molecule has 0 radical (unpaired) electrons. The maximum absolute atomic E-state index is 11.9. The molecule has 24 heavy (non-hydrogen) atoms. The van der Waals surface area contributed by atoms with Gasteiger partial charge in [-0.05, 0) is 31.9 Å². The van der Waals surface area contributed by atoms with Crippen molar-refractivity contribution in [2.75, 3.05) is 31.4 Å². The normalized spacial score (nSPS) is 18.2. The second-order valence-corrected chi connectivity index (χ2v) is 9.15. The van der Waals surface area contributed by atoms with Crippen molar-refractivity contribution in [1.29, 1.82) is 0 Å². The summed E-state index contributed by atoms with van der Waals surface area (Å²) in [7, 11) is -1.60. The zero-order valence-corrected chi connectivity index (χ0v) is 15.9. The lowest BCUT2D eigenvalue weighted by molar-refractivity contribution is -0.138. The molecular weight excluding hydrogens is 352 g/mol. The van der Waals surface area contributed by atoms with Gasteiger partial charge < -0.3 is 5.32 Å². The van der Waals surface area contributed by atoms with Crippen LogP contribution < -0.4 is 5.32 Å². The smallest absolute Gasteiger partial charge is 0.242 e. The van der Waals surface area contributed by atoms with E-state index in [1.165, 1.54) is 16.7 Å². The number of unbranched alkanes of at least 4 members (excludes halogenated alkanes) is 2. The van der Waals surface area contributed by atoms with E-state index in [1.807, 2.05) is 0 Å². The van der Waals surface area contributed by atoms with Gasteiger partial charge in [0.1, 0.15) is 9.84 Å². The lowest BCUT2D eigenvalue weighted by Gasteiger charge is -2.14. The average Bonchev–Trinajstić information content (AvgIpc) is 2.82. The van der Waals surface area contributed by atoms with Crippen molar-refractivity contribution in [2.24, 2.45) is 0 Å². The van der Waals surface area contributed by atoms with Crippen molar-refractivity contribution in [1.82, 2.24) is 10.2 Å². The second-order valence-electron chi connectivity index (χ2n) is 5.80. The first-order chi connectivity index (χ1) is 11.3. The molecule has 7 nitrogen and oxygen atoms in total. The molecular formula is C15H26N2O5S2. The molecule has 1 rings (SSSR count). The number of nitrogens with one attached hydrogen (secondary N) is 1. The van der Waals surface area contributed by atoms with Crippen LogP contribution in [-0.2, 0) is 24.2 Å². The van der Waals surface area contributed by atoms with Crippen LogP contribution in [0.4, 0.5) is 0 Å². The summed E-state index contributed by atoms with van der Waals surface area (Å²) in [6.07, 6.45) is 4.32. The van der Waals surface area contributed by atoms with E-state index in [1.54, 1.807) is 13.3 Å². The van der Waals surface area contributed by atoms with Crippen LogP contribution in [0.2, 0.25) is 0 Å². The highest BCUT2D eigenvalue weighted by Gasteiger charge is 2.37. The number of rotatable bonds is 11. The number of hydrogen-bond donors (Lipinski definition) is 1. The van der Waals surface area contributed by atoms with Crippen LogP contribution in [0.25, 0.3) is 0 Å². The Hall–Kier alpha value is -1.09. The number of nitrogens with zero attached hydrogens (tertiary/aromatic N) is 1. The molecule has 1 saturated heterocycles. The summed E-state index contributed by atoms with van der Waals surface area (Å²) in [5.41, 5.74) is 0. The minimum absolute atomic E-state index is 0.0507. The predicted molar refractivity (Wildman–Crippen MR) is 94.4 cm³/mol. The summed E-state index contributed by atoms with van der Waals surface area (Å²) in [5.74, 6) is -0.299. The van der Waals surface area contributed by atoms with Crippen LogP contribution in [0.5, 0.6) is 0 Å². The van der Waals surface area contributed by atoms with Crippen LogP contribution in [0.15, 0.2) is 0 Å². The molecule has 0 aromatic heterocycles. The van der Waals surface area contributed by atoms with Crippen LogP contribution in [-0.4, -0.2) is 67.6 Å². The molecule has 0 aromatic carbocycles. The van der Waals surface area contributed by atoms with Crippen LogP contribution in [0, 0.1) is 0 Å². The molecule has 1 fully saturated rings. The van der Waals surface area contributed by atoms with E-state index < -0.39 is 9.84 Å². The zero-order valence-electron chi connectivity index (χ0n) is 14.2. The largest absolute Gasteiger partial charge is 0.359 e. The van der Waals surface area contributed by atoms with Crippen molar-refractivity contribution < 1.29 is 22.8 Å². The van der Waals surface area contributed by atoms with E-state index >= 15 is 0 Å². The summed E-state index contributed by atoms with van der Waals surface area (Å²) in [6.45, 7) is 0.293. The van der Waals surface area contributed by atoms with Crippen molar-refractivity contribution in [2.45, 2.75) is 43.8 Å². The summed E-state index contributed by atoms with van der Waals surface area (Å²) in [4.78, 5) is 36.0. The molecule has 1 unspecified atom stereocenters. The number of sulfone groups is 1. The fraction of sp³-hybridized carbons (Fsp3) is 0.800. The molecule has 0 bridgehead atoms. The lowest BCUT2D eigenvalue weighted by atomic mass is 10.2. The van der Waals surface area contributed by atoms with E-state index in [4.69, 9.17) is 0 Å². The molecule has 1 aliphatic rings. The van der Waals surface area contributed by atoms with Gasteiger partial charge in [-0.25, -0.2) is 8.42 Å². The third-order valence-electron chi connectivity index (χ3n) is 3.96. The minimum Gasteiger partial charge on any atom is -0.359 e. The fourth-order valence-corrected chi connectivity index (χ4v) is 4.63. The first-order valence-corrected chi connectivity index (χ1v) is 11.2. The Morgan fingerprint density at radius 2 is 1.83 bits per heavy atom. The number of carbonyl (C=O) groups excluding carboxylic acids is 3. The highest BCUT2D eigenvalue weighted by molar-refractivity contribution is 8.00. The number of thioether (sulfide) groups is 1. The van der Waals surface area contributed by atoms with E-state index in [9.17, 15) is 22.8 Å². The van der Waals surface area contributed by atoms with E-state index in [0.717, 1.165) is 0 Å². The predicted octanol–water partition coefficient (Wildman–Crippen LogP) is 0.588. The quantitative estimate of drug-likeness (QED) is 0.417. The topological polar surface area (TPSA) is 101 Å². The van der Waals surface area contributed by atoms with Gasteiger partial charge in [0.15, 0.2) is 0 Å². The van der Waals surface area contributed by atoms with Gasteiger partial charge in [0.05, 0.1) is 16.8 Å². The van der Waals surface area contributed by atoms with Crippen molar-refractivity contribution in [3.05, 3.63) is 0 Å². The molecule has 0 aromatic rings. The molecule has 3 amide bonds. The summed E-state index contributed by atoms with van der Waals surface area (Å²) >= 11 is 1.37. The number of likely N-dealkylation sites (tertiary alicyclic amines) is 1. The van der Waals surface area contributed by atoms with Gasteiger partial charge in [-0.1, -0.05) is 0 Å². The van der Waals surface area contributed by atoms with Gasteiger partial charge in [-0.2, -0.15) is 11.8 Å². The molecule has 1 aliphatic heterocycles. The fourth-order valence-electron chi connectivity index (χ4n) is 2.50. The van der Waals surface area contributed by atoms with Crippen molar-refractivity contribution >= 4 is 39.3 Å². The molecule has 1 heterocycles. The number of carbonyl (C=O) groups is 3. The van der Waals surface area contributed by atoms with Gasteiger partial charge in [0.25, 0.3) is 0 Å². The lowest BCUT2D eigenvalue weighted by Crippen LogP contribution is -2.32. The maximum Gasteiger partial charge on any atom is 0.242 e. The number of imide groups is 1. The van der Waals surface area contributed by atoms with Crippen molar-refractivity contribution in [3.63, 3.8) is 0 Å². The van der Waals surface area contributed by atoms with E-state index in [0.29, 0.717) is 38.6 Å². The molecule has 138 valence electrons.